The van der Waals surface area contributed by atoms with E-state index in [-0.39, 0.29) is 11.3 Å². The van der Waals surface area contributed by atoms with Crippen LogP contribution >= 0.6 is 0 Å². The van der Waals surface area contributed by atoms with Gasteiger partial charge in [-0.25, -0.2) is 4.90 Å². The van der Waals surface area contributed by atoms with Crippen molar-refractivity contribution in [1.82, 2.24) is 0 Å². The molecule has 3 aromatic rings. The lowest BCUT2D eigenvalue weighted by atomic mass is 10.1. The predicted molar refractivity (Wildman–Crippen MR) is 126 cm³/mol. The number of nitro groups is 2. The van der Waals surface area contributed by atoms with Crippen LogP contribution in [0.1, 0.15) is 37.4 Å². The number of hydrogen-bond acceptors (Lipinski definition) is 8. The van der Waals surface area contributed by atoms with E-state index >= 15 is 0 Å². The van der Waals surface area contributed by atoms with E-state index in [1.54, 1.807) is 38.1 Å². The number of amides is 2. The third-order valence-corrected chi connectivity index (χ3v) is 5.62. The molecule has 11 nitrogen and oxygen atoms in total. The molecule has 1 N–H and O–H groups in total. The Morgan fingerprint density at radius 2 is 1.43 bits per heavy atom. The highest BCUT2D eigenvalue weighted by Crippen LogP contribution is 2.40. The maximum atomic E-state index is 13.2. The molecule has 2 amide bonds. The highest BCUT2D eigenvalue weighted by Gasteiger charge is 2.41. The van der Waals surface area contributed by atoms with E-state index in [0.29, 0.717) is 21.7 Å². The molecule has 176 valence electrons. The van der Waals surface area contributed by atoms with Crippen LogP contribution in [0.4, 0.5) is 28.4 Å². The van der Waals surface area contributed by atoms with Crippen molar-refractivity contribution in [3.8, 4) is 0 Å². The number of Topliss-reactive ketones (excluding diaryl/α,β-unsaturated/α-hetero) is 1. The second-order valence-electron chi connectivity index (χ2n) is 8.14. The molecule has 4 rings (SSSR count). The number of imide groups is 1. The zero-order valence-electron chi connectivity index (χ0n) is 18.8. The van der Waals surface area contributed by atoms with Crippen LogP contribution in [0, 0.1) is 41.0 Å². The summed E-state index contributed by atoms with van der Waals surface area (Å²) in [5.41, 5.74) is 0.388. The van der Waals surface area contributed by atoms with Crippen LogP contribution < -0.4 is 10.2 Å². The largest absolute Gasteiger partial charge is 0.344 e. The van der Waals surface area contributed by atoms with Gasteiger partial charge in [-0.05, 0) is 44.5 Å². The van der Waals surface area contributed by atoms with Crippen LogP contribution in [0.3, 0.4) is 0 Å². The fraction of sp³-hybridized carbons (Fsp3) is 0.125. The molecule has 1 aliphatic rings. The molecule has 0 atom stereocenters. The molecule has 0 spiro atoms. The number of rotatable bonds is 5. The SMILES string of the molecule is Cc1ccc(Nc2c([N+](=O)[O-])cc(C(=O)N3C(=O)C(=O)c4cc(C)ccc43)cc2[N+](=O)[O-])c(C)c1. The number of nitrogens with zero attached hydrogens (tertiary/aromatic N) is 3. The lowest BCUT2D eigenvalue weighted by molar-refractivity contribution is -0.392. The Labute approximate surface area is 198 Å². The first-order valence-electron chi connectivity index (χ1n) is 10.3. The quantitative estimate of drug-likeness (QED) is 0.245. The van der Waals surface area contributed by atoms with E-state index in [0.717, 1.165) is 17.7 Å². The summed E-state index contributed by atoms with van der Waals surface area (Å²) in [6.07, 6.45) is 0. The summed E-state index contributed by atoms with van der Waals surface area (Å²) in [6, 6.07) is 11.3. The van der Waals surface area contributed by atoms with Crippen molar-refractivity contribution in [3.63, 3.8) is 0 Å². The van der Waals surface area contributed by atoms with Crippen molar-refractivity contribution in [2.45, 2.75) is 20.8 Å². The predicted octanol–water partition coefficient (Wildman–Crippen LogP) is 4.54. The first-order valence-corrected chi connectivity index (χ1v) is 10.3. The van der Waals surface area contributed by atoms with Crippen LogP contribution in [0.15, 0.2) is 48.5 Å². The standard InChI is InChI=1S/C24H18N4O7/c1-12-4-6-17(14(3)8-12)25-21-19(27(32)33)10-15(11-20(21)28(34)35)23(30)26-18-7-5-13(2)9-16(18)22(29)24(26)31/h4-11,25H,1-3H3. The number of carbonyl (C=O) groups excluding carboxylic acids is 3. The molecule has 35 heavy (non-hydrogen) atoms. The summed E-state index contributed by atoms with van der Waals surface area (Å²) in [6.45, 7) is 5.29. The normalized spacial score (nSPS) is 12.5. The maximum Gasteiger partial charge on any atom is 0.306 e. The minimum Gasteiger partial charge on any atom is -0.344 e. The molecule has 3 aromatic carbocycles. The molecule has 11 heteroatoms. The van der Waals surface area contributed by atoms with Gasteiger partial charge in [0.25, 0.3) is 11.7 Å². The van der Waals surface area contributed by atoms with Crippen LogP contribution in [0.25, 0.3) is 0 Å². The summed E-state index contributed by atoms with van der Waals surface area (Å²) >= 11 is 0. The summed E-state index contributed by atoms with van der Waals surface area (Å²) < 4.78 is 0. The minimum absolute atomic E-state index is 0.0124. The Kier molecular flexibility index (Phi) is 5.61. The Morgan fingerprint density at radius 1 is 0.857 bits per heavy atom. The number of benzene rings is 3. The summed E-state index contributed by atoms with van der Waals surface area (Å²) in [4.78, 5) is 60.8. The smallest absolute Gasteiger partial charge is 0.306 e. The third-order valence-electron chi connectivity index (χ3n) is 5.62. The van der Waals surface area contributed by atoms with E-state index in [1.807, 2.05) is 6.92 Å². The van der Waals surface area contributed by atoms with Crippen molar-refractivity contribution < 1.29 is 24.2 Å². The van der Waals surface area contributed by atoms with E-state index < -0.39 is 50.1 Å². The van der Waals surface area contributed by atoms with Gasteiger partial charge < -0.3 is 5.32 Å². The molecular formula is C24H18N4O7. The van der Waals surface area contributed by atoms with Crippen LogP contribution in [0.5, 0.6) is 0 Å². The van der Waals surface area contributed by atoms with Gasteiger partial charge in [0.1, 0.15) is 0 Å². The number of fused-ring (bicyclic) bond motifs is 1. The molecule has 1 aliphatic heterocycles. The van der Waals surface area contributed by atoms with E-state index in [4.69, 9.17) is 0 Å². The lowest BCUT2D eigenvalue weighted by Gasteiger charge is -2.16. The molecule has 0 aliphatic carbocycles. The van der Waals surface area contributed by atoms with E-state index in [2.05, 4.69) is 5.32 Å². The summed E-state index contributed by atoms with van der Waals surface area (Å²) in [5, 5.41) is 26.5. The molecule has 0 saturated heterocycles. The van der Waals surface area contributed by atoms with Gasteiger partial charge in [0.2, 0.25) is 0 Å². The lowest BCUT2D eigenvalue weighted by Crippen LogP contribution is -2.36. The number of nitro benzene ring substituents is 2. The number of nitrogens with one attached hydrogen (secondary N) is 1. The van der Waals surface area contributed by atoms with Crippen LogP contribution in [-0.2, 0) is 4.79 Å². The monoisotopic (exact) mass is 474 g/mol. The number of anilines is 3. The Bertz CT molecular complexity index is 1440. The first kappa shape index (κ1) is 23.2. The van der Waals surface area contributed by atoms with Crippen LogP contribution in [-0.4, -0.2) is 27.4 Å². The van der Waals surface area contributed by atoms with Gasteiger partial charge in [-0.2, -0.15) is 0 Å². The average molecular weight is 474 g/mol. The molecular weight excluding hydrogens is 456 g/mol. The van der Waals surface area contributed by atoms with Gasteiger partial charge in [0.15, 0.2) is 5.69 Å². The summed E-state index contributed by atoms with van der Waals surface area (Å²) in [7, 11) is 0. The summed E-state index contributed by atoms with van der Waals surface area (Å²) in [5.74, 6) is -3.14. The number of carbonyl (C=O) groups is 3. The fourth-order valence-corrected chi connectivity index (χ4v) is 3.92. The third kappa shape index (κ3) is 3.99. The van der Waals surface area contributed by atoms with Crippen molar-refractivity contribution in [3.05, 3.63) is 96.6 Å². The molecule has 1 heterocycles. The molecule has 0 saturated carbocycles. The topological polar surface area (TPSA) is 153 Å². The molecule has 0 radical (unpaired) electrons. The number of aryl methyl sites for hydroxylation is 3. The minimum atomic E-state index is -1.14. The average Bonchev–Trinajstić information content (AvgIpc) is 3.04. The van der Waals surface area contributed by atoms with Gasteiger partial charge in [-0.15, -0.1) is 0 Å². The van der Waals surface area contributed by atoms with Crippen molar-refractivity contribution in [2.75, 3.05) is 10.2 Å². The number of ketones is 1. The van der Waals surface area contributed by atoms with Gasteiger partial charge >= 0.3 is 17.3 Å². The highest BCUT2D eigenvalue weighted by atomic mass is 16.6. The van der Waals surface area contributed by atoms with Crippen LogP contribution in [0.2, 0.25) is 0 Å². The fourth-order valence-electron chi connectivity index (χ4n) is 3.92. The van der Waals surface area contributed by atoms with Crippen molar-refractivity contribution >= 4 is 46.0 Å². The van der Waals surface area contributed by atoms with Gasteiger partial charge in [0, 0.05) is 17.8 Å². The second-order valence-corrected chi connectivity index (χ2v) is 8.14. The molecule has 0 bridgehead atoms. The van der Waals surface area contributed by atoms with E-state index in [9.17, 15) is 34.6 Å². The van der Waals surface area contributed by atoms with E-state index in [1.165, 1.54) is 12.1 Å². The Balaban J connectivity index is 1.85. The highest BCUT2D eigenvalue weighted by molar-refractivity contribution is 6.57. The van der Waals surface area contributed by atoms with Gasteiger partial charge in [0.05, 0.1) is 26.7 Å². The van der Waals surface area contributed by atoms with Crippen molar-refractivity contribution in [2.24, 2.45) is 0 Å². The molecule has 0 unspecified atom stereocenters. The van der Waals surface area contributed by atoms with Gasteiger partial charge in [-0.1, -0.05) is 29.3 Å². The second kappa shape index (κ2) is 8.45. The molecule has 0 aromatic heterocycles. The Hall–Kier alpha value is -4.93. The maximum absolute atomic E-state index is 13.2. The van der Waals surface area contributed by atoms with Gasteiger partial charge in [-0.3, -0.25) is 34.6 Å². The first-order chi connectivity index (χ1) is 16.5. The number of hydrogen-bond donors (Lipinski definition) is 1. The zero-order valence-corrected chi connectivity index (χ0v) is 18.8. The Morgan fingerprint density at radius 3 is 2.00 bits per heavy atom. The van der Waals surface area contributed by atoms with Crippen molar-refractivity contribution in [1.29, 1.82) is 0 Å². The molecule has 0 fully saturated rings. The zero-order chi connectivity index (χ0) is 25.6.